The Morgan fingerprint density at radius 3 is 2.38 bits per heavy atom. The number of carbonyl (C=O) groups is 1. The van der Waals surface area contributed by atoms with Gasteiger partial charge >= 0.3 is 5.97 Å². The van der Waals surface area contributed by atoms with E-state index >= 15 is 0 Å². The van der Waals surface area contributed by atoms with Crippen molar-refractivity contribution >= 4 is 11.7 Å². The zero-order valence-electron chi connectivity index (χ0n) is 9.78. The van der Waals surface area contributed by atoms with Gasteiger partial charge in [0.05, 0.1) is 17.7 Å². The lowest BCUT2D eigenvalue weighted by Gasteiger charge is -2.26. The van der Waals surface area contributed by atoms with Crippen LogP contribution in [0.4, 0.5) is 5.69 Å². The van der Waals surface area contributed by atoms with Gasteiger partial charge in [-0.2, -0.15) is 0 Å². The van der Waals surface area contributed by atoms with E-state index in [2.05, 4.69) is 5.32 Å². The molecule has 0 amide bonds. The van der Waals surface area contributed by atoms with E-state index in [0.29, 0.717) is 6.61 Å². The van der Waals surface area contributed by atoms with Crippen molar-refractivity contribution < 1.29 is 14.6 Å². The fourth-order valence-corrected chi connectivity index (χ4v) is 1.48. The third-order valence-electron chi connectivity index (χ3n) is 2.12. The number of aromatic carboxylic acids is 1. The van der Waals surface area contributed by atoms with Gasteiger partial charge in [-0.3, -0.25) is 0 Å². The highest BCUT2D eigenvalue weighted by Gasteiger charge is 2.16. The number of rotatable bonds is 5. The van der Waals surface area contributed by atoms with E-state index in [4.69, 9.17) is 9.84 Å². The number of methoxy groups -OCH3 is 1. The maximum absolute atomic E-state index is 10.7. The Bertz CT molecular complexity index is 357. The van der Waals surface area contributed by atoms with E-state index in [0.717, 1.165) is 5.69 Å². The third-order valence-corrected chi connectivity index (χ3v) is 2.12. The molecule has 1 aromatic rings. The molecule has 0 unspecified atom stereocenters. The number of hydrogen-bond acceptors (Lipinski definition) is 3. The summed E-state index contributed by atoms with van der Waals surface area (Å²) in [5.41, 5.74) is 0.988. The number of anilines is 1. The molecule has 0 spiro atoms. The summed E-state index contributed by atoms with van der Waals surface area (Å²) < 4.78 is 5.08. The topological polar surface area (TPSA) is 58.6 Å². The van der Waals surface area contributed by atoms with Crippen molar-refractivity contribution in [2.75, 3.05) is 19.0 Å². The standard InChI is InChI=1S/C12H17NO3/c1-12(2,8-16-3)13-10-6-4-9(5-7-10)11(14)15/h4-7,13H,8H2,1-3H3,(H,14,15). The zero-order chi connectivity index (χ0) is 12.2. The lowest BCUT2D eigenvalue weighted by Crippen LogP contribution is -2.35. The molecule has 0 radical (unpaired) electrons. The average Bonchev–Trinajstić information content (AvgIpc) is 2.17. The summed E-state index contributed by atoms with van der Waals surface area (Å²) in [5, 5.41) is 12.0. The summed E-state index contributed by atoms with van der Waals surface area (Å²) in [4.78, 5) is 10.7. The van der Waals surface area contributed by atoms with Crippen molar-refractivity contribution in [3.8, 4) is 0 Å². The zero-order valence-corrected chi connectivity index (χ0v) is 9.78. The van der Waals surface area contributed by atoms with Crippen LogP contribution in [0, 0.1) is 0 Å². The number of carboxylic acid groups (broad SMARTS) is 1. The molecule has 4 heteroatoms. The molecule has 1 aromatic carbocycles. The second kappa shape index (κ2) is 4.99. The number of carboxylic acids is 1. The van der Waals surface area contributed by atoms with Gasteiger partial charge in [0.2, 0.25) is 0 Å². The SMILES string of the molecule is COCC(C)(C)Nc1ccc(C(=O)O)cc1. The molecule has 1 rings (SSSR count). The van der Waals surface area contributed by atoms with Crippen LogP contribution in [0.15, 0.2) is 24.3 Å². The van der Waals surface area contributed by atoms with Gasteiger partial charge in [0.15, 0.2) is 0 Å². The monoisotopic (exact) mass is 223 g/mol. The molecule has 0 saturated heterocycles. The Balaban J connectivity index is 2.72. The van der Waals surface area contributed by atoms with Crippen molar-refractivity contribution in [2.24, 2.45) is 0 Å². The number of ether oxygens (including phenoxy) is 1. The normalized spacial score (nSPS) is 11.2. The van der Waals surface area contributed by atoms with Gasteiger partial charge in [-0.15, -0.1) is 0 Å². The summed E-state index contributed by atoms with van der Waals surface area (Å²) in [5.74, 6) is -0.914. The van der Waals surface area contributed by atoms with Crippen molar-refractivity contribution in [3.63, 3.8) is 0 Å². The minimum Gasteiger partial charge on any atom is -0.478 e. The van der Waals surface area contributed by atoms with Crippen molar-refractivity contribution in [2.45, 2.75) is 19.4 Å². The van der Waals surface area contributed by atoms with Crippen molar-refractivity contribution in [1.82, 2.24) is 0 Å². The van der Waals surface area contributed by atoms with Gasteiger partial charge in [0.25, 0.3) is 0 Å². The molecule has 0 saturated carbocycles. The Labute approximate surface area is 95.2 Å². The van der Waals surface area contributed by atoms with Gasteiger partial charge in [-0.05, 0) is 38.1 Å². The maximum atomic E-state index is 10.7. The highest BCUT2D eigenvalue weighted by molar-refractivity contribution is 5.88. The summed E-state index contributed by atoms with van der Waals surface area (Å²) in [6.07, 6.45) is 0. The molecule has 0 aliphatic heterocycles. The van der Waals surface area contributed by atoms with E-state index in [1.165, 1.54) is 0 Å². The van der Waals surface area contributed by atoms with Crippen LogP contribution in [0.1, 0.15) is 24.2 Å². The highest BCUT2D eigenvalue weighted by Crippen LogP contribution is 2.16. The minimum atomic E-state index is -0.914. The minimum absolute atomic E-state index is 0.181. The molecule has 88 valence electrons. The molecule has 16 heavy (non-hydrogen) atoms. The lowest BCUT2D eigenvalue weighted by atomic mass is 10.1. The van der Waals surface area contributed by atoms with Gasteiger partial charge in [-0.1, -0.05) is 0 Å². The predicted molar refractivity (Wildman–Crippen MR) is 63.0 cm³/mol. The average molecular weight is 223 g/mol. The molecule has 4 nitrogen and oxygen atoms in total. The fraction of sp³-hybridized carbons (Fsp3) is 0.417. The summed E-state index contributed by atoms with van der Waals surface area (Å²) >= 11 is 0. The molecule has 0 heterocycles. The quantitative estimate of drug-likeness (QED) is 0.803. The van der Waals surface area contributed by atoms with Crippen molar-refractivity contribution in [3.05, 3.63) is 29.8 Å². The number of benzene rings is 1. The van der Waals surface area contributed by atoms with E-state index in [1.807, 2.05) is 13.8 Å². The van der Waals surface area contributed by atoms with Crippen LogP contribution in [0.5, 0.6) is 0 Å². The summed E-state index contributed by atoms with van der Waals surface area (Å²) in [7, 11) is 1.65. The molecular weight excluding hydrogens is 206 g/mol. The molecule has 0 aromatic heterocycles. The fourth-order valence-electron chi connectivity index (χ4n) is 1.48. The molecule has 0 atom stereocenters. The van der Waals surface area contributed by atoms with Gasteiger partial charge in [0, 0.05) is 12.8 Å². The summed E-state index contributed by atoms with van der Waals surface area (Å²) in [6, 6.07) is 6.66. The Kier molecular flexibility index (Phi) is 3.90. The van der Waals surface area contributed by atoms with Crippen LogP contribution in [0.3, 0.4) is 0 Å². The largest absolute Gasteiger partial charge is 0.478 e. The maximum Gasteiger partial charge on any atom is 0.335 e. The smallest absolute Gasteiger partial charge is 0.335 e. The summed E-state index contributed by atoms with van der Waals surface area (Å²) in [6.45, 7) is 4.61. The van der Waals surface area contributed by atoms with Gasteiger partial charge in [-0.25, -0.2) is 4.79 Å². The highest BCUT2D eigenvalue weighted by atomic mass is 16.5. The lowest BCUT2D eigenvalue weighted by molar-refractivity contribution is 0.0697. The predicted octanol–water partition coefficient (Wildman–Crippen LogP) is 2.22. The van der Waals surface area contributed by atoms with Gasteiger partial charge < -0.3 is 15.2 Å². The molecule has 2 N–H and O–H groups in total. The first kappa shape index (κ1) is 12.5. The second-order valence-corrected chi connectivity index (χ2v) is 4.32. The van der Waals surface area contributed by atoms with Crippen LogP contribution in [0.2, 0.25) is 0 Å². The first-order valence-electron chi connectivity index (χ1n) is 5.05. The molecule has 0 aliphatic rings. The Morgan fingerprint density at radius 2 is 1.94 bits per heavy atom. The second-order valence-electron chi connectivity index (χ2n) is 4.32. The molecule has 0 bridgehead atoms. The molecule has 0 fully saturated rings. The van der Waals surface area contributed by atoms with Gasteiger partial charge in [0.1, 0.15) is 0 Å². The third kappa shape index (κ3) is 3.55. The molecule has 0 aliphatic carbocycles. The molecular formula is C12H17NO3. The van der Waals surface area contributed by atoms with E-state index in [-0.39, 0.29) is 11.1 Å². The van der Waals surface area contributed by atoms with Crippen molar-refractivity contribution in [1.29, 1.82) is 0 Å². The van der Waals surface area contributed by atoms with Crippen LogP contribution in [0.25, 0.3) is 0 Å². The first-order valence-corrected chi connectivity index (χ1v) is 5.05. The number of nitrogens with one attached hydrogen (secondary N) is 1. The van der Waals surface area contributed by atoms with E-state index in [9.17, 15) is 4.79 Å². The number of hydrogen-bond donors (Lipinski definition) is 2. The Morgan fingerprint density at radius 1 is 1.38 bits per heavy atom. The Hall–Kier alpha value is -1.55. The van der Waals surface area contributed by atoms with Crippen LogP contribution in [-0.2, 0) is 4.74 Å². The van der Waals surface area contributed by atoms with E-state index in [1.54, 1.807) is 31.4 Å². The first-order chi connectivity index (χ1) is 7.44. The van der Waals surface area contributed by atoms with Crippen LogP contribution < -0.4 is 5.32 Å². The van der Waals surface area contributed by atoms with Crippen LogP contribution >= 0.6 is 0 Å². The van der Waals surface area contributed by atoms with E-state index < -0.39 is 5.97 Å². The van der Waals surface area contributed by atoms with Crippen LogP contribution in [-0.4, -0.2) is 30.3 Å².